The number of carbonyl (C=O) groups excluding carboxylic acids is 1. The van der Waals surface area contributed by atoms with Gasteiger partial charge in [0.05, 0.1) is 13.0 Å². The molecule has 5 nitrogen and oxygen atoms in total. The number of amides is 1. The molecule has 2 fully saturated rings. The van der Waals surface area contributed by atoms with Crippen molar-refractivity contribution in [3.05, 3.63) is 29.8 Å². The summed E-state index contributed by atoms with van der Waals surface area (Å²) in [6.45, 7) is 8.99. The Kier molecular flexibility index (Phi) is 7.74. The zero-order valence-corrected chi connectivity index (χ0v) is 17.7. The third-order valence-electron chi connectivity index (χ3n) is 6.23. The molecule has 0 saturated carbocycles. The molecule has 0 aliphatic carbocycles. The molecule has 1 aromatic carbocycles. The molecule has 0 atom stereocenters. The minimum absolute atomic E-state index is 0.215. The highest BCUT2D eigenvalue weighted by molar-refractivity contribution is 5.76. The van der Waals surface area contributed by atoms with Crippen LogP contribution in [0.1, 0.15) is 57.4 Å². The van der Waals surface area contributed by atoms with Crippen molar-refractivity contribution in [1.82, 2.24) is 9.80 Å². The van der Waals surface area contributed by atoms with Gasteiger partial charge in [-0.2, -0.15) is 0 Å². The highest BCUT2D eigenvalue weighted by atomic mass is 16.5. The molecule has 2 aliphatic heterocycles. The van der Waals surface area contributed by atoms with Crippen LogP contribution in [0.5, 0.6) is 5.75 Å². The van der Waals surface area contributed by atoms with E-state index in [1.165, 1.54) is 5.56 Å². The van der Waals surface area contributed by atoms with E-state index in [1.807, 2.05) is 4.90 Å². The Bertz CT molecular complexity index is 601. The Morgan fingerprint density at radius 1 is 1.04 bits per heavy atom. The number of hydrogen-bond acceptors (Lipinski definition) is 4. The van der Waals surface area contributed by atoms with Crippen LogP contribution in [-0.4, -0.2) is 67.7 Å². The second-order valence-electron chi connectivity index (χ2n) is 8.41. The maximum absolute atomic E-state index is 12.1. The summed E-state index contributed by atoms with van der Waals surface area (Å²) in [6.07, 6.45) is 5.11. The van der Waals surface area contributed by atoms with Crippen LogP contribution in [-0.2, 0) is 9.53 Å². The molecule has 5 heteroatoms. The fraction of sp³-hybridized carbons (Fsp3) is 0.696. The fourth-order valence-electron chi connectivity index (χ4n) is 4.33. The van der Waals surface area contributed by atoms with E-state index in [2.05, 4.69) is 43.0 Å². The van der Waals surface area contributed by atoms with Crippen molar-refractivity contribution in [3.63, 3.8) is 0 Å². The van der Waals surface area contributed by atoms with E-state index >= 15 is 0 Å². The molecule has 0 spiro atoms. The number of methoxy groups -OCH3 is 1. The zero-order valence-electron chi connectivity index (χ0n) is 17.7. The quantitative estimate of drug-likeness (QED) is 0.715. The monoisotopic (exact) mass is 388 g/mol. The molecular formula is C23H36N2O3. The molecule has 2 aliphatic rings. The van der Waals surface area contributed by atoms with Crippen molar-refractivity contribution in [2.75, 3.05) is 39.9 Å². The van der Waals surface area contributed by atoms with Crippen LogP contribution in [0, 0.1) is 0 Å². The van der Waals surface area contributed by atoms with E-state index < -0.39 is 0 Å². The molecule has 2 saturated heterocycles. The van der Waals surface area contributed by atoms with Gasteiger partial charge < -0.3 is 19.3 Å². The van der Waals surface area contributed by atoms with E-state index in [9.17, 15) is 4.79 Å². The van der Waals surface area contributed by atoms with E-state index in [4.69, 9.17) is 9.47 Å². The van der Waals surface area contributed by atoms with Crippen LogP contribution in [0.4, 0.5) is 0 Å². The van der Waals surface area contributed by atoms with Gasteiger partial charge in [0.15, 0.2) is 0 Å². The minimum atomic E-state index is 0.215. The third kappa shape index (κ3) is 5.71. The minimum Gasteiger partial charge on any atom is -0.490 e. The van der Waals surface area contributed by atoms with Gasteiger partial charge in [-0.3, -0.25) is 4.79 Å². The summed E-state index contributed by atoms with van der Waals surface area (Å²) in [5.41, 5.74) is 1.37. The number of benzene rings is 1. The number of carbonyl (C=O) groups is 1. The summed E-state index contributed by atoms with van der Waals surface area (Å²) in [7, 11) is 1.64. The number of nitrogens with zero attached hydrogens (tertiary/aromatic N) is 2. The third-order valence-corrected chi connectivity index (χ3v) is 6.23. The SMILES string of the molecule is COCCC(=O)N1CCC(c2ccc(OC3CCN(C(C)C)CC3)cc2)CC1. The Balaban J connectivity index is 1.44. The molecule has 1 aromatic rings. The van der Waals surface area contributed by atoms with Crippen LogP contribution >= 0.6 is 0 Å². The van der Waals surface area contributed by atoms with E-state index in [1.54, 1.807) is 7.11 Å². The lowest BCUT2D eigenvalue weighted by atomic mass is 9.89. The molecular weight excluding hydrogens is 352 g/mol. The number of ether oxygens (including phenoxy) is 2. The second-order valence-corrected chi connectivity index (χ2v) is 8.41. The lowest BCUT2D eigenvalue weighted by Crippen LogP contribution is -2.41. The Hall–Kier alpha value is -1.59. The van der Waals surface area contributed by atoms with Crippen molar-refractivity contribution >= 4 is 5.91 Å². The van der Waals surface area contributed by atoms with Crippen LogP contribution in [0.2, 0.25) is 0 Å². The Morgan fingerprint density at radius 2 is 1.68 bits per heavy atom. The second kappa shape index (κ2) is 10.3. The first-order chi connectivity index (χ1) is 13.6. The predicted molar refractivity (Wildman–Crippen MR) is 112 cm³/mol. The lowest BCUT2D eigenvalue weighted by molar-refractivity contribution is -0.133. The van der Waals surface area contributed by atoms with Gasteiger partial charge in [-0.15, -0.1) is 0 Å². The number of likely N-dealkylation sites (tertiary alicyclic amines) is 2. The van der Waals surface area contributed by atoms with Gasteiger partial charge in [-0.25, -0.2) is 0 Å². The molecule has 2 heterocycles. The van der Waals surface area contributed by atoms with Crippen molar-refractivity contribution in [3.8, 4) is 5.75 Å². The molecule has 0 aromatic heterocycles. The van der Waals surface area contributed by atoms with Crippen molar-refractivity contribution < 1.29 is 14.3 Å². The van der Waals surface area contributed by atoms with E-state index in [0.29, 0.717) is 31.1 Å². The normalized spacial score (nSPS) is 19.9. The number of hydrogen-bond donors (Lipinski definition) is 0. The first-order valence-electron chi connectivity index (χ1n) is 10.8. The van der Waals surface area contributed by atoms with Gasteiger partial charge in [-0.05, 0) is 63.1 Å². The molecule has 1 amide bonds. The van der Waals surface area contributed by atoms with Gasteiger partial charge in [0.25, 0.3) is 0 Å². The van der Waals surface area contributed by atoms with Gasteiger partial charge in [0.1, 0.15) is 11.9 Å². The molecule has 0 radical (unpaired) electrons. The Morgan fingerprint density at radius 3 is 2.25 bits per heavy atom. The molecule has 28 heavy (non-hydrogen) atoms. The summed E-state index contributed by atoms with van der Waals surface area (Å²) in [6, 6.07) is 9.31. The predicted octanol–water partition coefficient (Wildman–Crippen LogP) is 3.68. The summed E-state index contributed by atoms with van der Waals surface area (Å²) in [4.78, 5) is 16.6. The van der Waals surface area contributed by atoms with Crippen LogP contribution in [0.15, 0.2) is 24.3 Å². The number of rotatable bonds is 7. The molecule has 156 valence electrons. The van der Waals surface area contributed by atoms with E-state index in [-0.39, 0.29) is 5.91 Å². The average Bonchev–Trinajstić information content (AvgIpc) is 2.73. The highest BCUT2D eigenvalue weighted by Crippen LogP contribution is 2.30. The largest absolute Gasteiger partial charge is 0.490 e. The van der Waals surface area contributed by atoms with Gasteiger partial charge >= 0.3 is 0 Å². The maximum Gasteiger partial charge on any atom is 0.224 e. The highest BCUT2D eigenvalue weighted by Gasteiger charge is 2.24. The first kappa shape index (κ1) is 21.1. The van der Waals surface area contributed by atoms with Crippen molar-refractivity contribution in [2.24, 2.45) is 0 Å². The fourth-order valence-corrected chi connectivity index (χ4v) is 4.33. The van der Waals surface area contributed by atoms with Crippen molar-refractivity contribution in [1.29, 1.82) is 0 Å². The Labute approximate surface area is 170 Å². The average molecular weight is 389 g/mol. The molecule has 3 rings (SSSR count). The summed E-state index contributed by atoms with van der Waals surface area (Å²) in [5, 5.41) is 0. The maximum atomic E-state index is 12.1. The topological polar surface area (TPSA) is 42.0 Å². The number of piperidine rings is 2. The first-order valence-corrected chi connectivity index (χ1v) is 10.8. The summed E-state index contributed by atoms with van der Waals surface area (Å²) < 4.78 is 11.2. The summed E-state index contributed by atoms with van der Waals surface area (Å²) in [5.74, 6) is 1.74. The smallest absolute Gasteiger partial charge is 0.224 e. The lowest BCUT2D eigenvalue weighted by Gasteiger charge is -2.34. The van der Waals surface area contributed by atoms with Crippen LogP contribution in [0.25, 0.3) is 0 Å². The van der Waals surface area contributed by atoms with Crippen molar-refractivity contribution in [2.45, 2.75) is 64.0 Å². The van der Waals surface area contributed by atoms with Gasteiger partial charge in [-0.1, -0.05) is 12.1 Å². The summed E-state index contributed by atoms with van der Waals surface area (Å²) >= 11 is 0. The standard InChI is InChI=1S/C23H36N2O3/c1-18(2)24-15-10-22(11-16-24)28-21-6-4-19(5-7-21)20-8-13-25(14-9-20)23(26)12-17-27-3/h4-7,18,20,22H,8-17H2,1-3H3. The van der Waals surface area contributed by atoms with E-state index in [0.717, 1.165) is 57.6 Å². The molecule has 0 unspecified atom stereocenters. The van der Waals surface area contributed by atoms with Gasteiger partial charge in [0, 0.05) is 39.3 Å². The van der Waals surface area contributed by atoms with Crippen LogP contribution in [0.3, 0.4) is 0 Å². The zero-order chi connectivity index (χ0) is 19.9. The molecule has 0 bridgehead atoms. The van der Waals surface area contributed by atoms with Gasteiger partial charge in [0.2, 0.25) is 5.91 Å². The molecule has 0 N–H and O–H groups in total. The van der Waals surface area contributed by atoms with Crippen LogP contribution < -0.4 is 4.74 Å².